The molecular weight excluding hydrogens is 809 g/mol. The maximum absolute atomic E-state index is 11.1. The predicted octanol–water partition coefficient (Wildman–Crippen LogP) is 14.4. The van der Waals surface area contributed by atoms with Crippen molar-refractivity contribution in [3.05, 3.63) is 258 Å². The number of phenolic OH excluding ortho intramolecular Hbond substituents is 2. The number of anilines is 3. The summed E-state index contributed by atoms with van der Waals surface area (Å²) in [5.74, 6) is 0.448. The number of rotatable bonds is 8. The summed E-state index contributed by atoms with van der Waals surface area (Å²) in [7, 11) is 0. The summed E-state index contributed by atoms with van der Waals surface area (Å²) in [6.07, 6.45) is 4.05. The summed E-state index contributed by atoms with van der Waals surface area (Å²) < 4.78 is 2.25. The van der Waals surface area contributed by atoms with Crippen LogP contribution in [0.2, 0.25) is 0 Å². The van der Waals surface area contributed by atoms with Gasteiger partial charge in [0.15, 0.2) is 0 Å². The van der Waals surface area contributed by atoms with Gasteiger partial charge in [0.25, 0.3) is 0 Å². The third kappa shape index (κ3) is 6.35. The van der Waals surface area contributed by atoms with Crippen molar-refractivity contribution >= 4 is 44.4 Å². The first-order valence-electron chi connectivity index (χ1n) is 22.4. The van der Waals surface area contributed by atoms with Crippen LogP contribution in [0.5, 0.6) is 11.5 Å². The van der Waals surface area contributed by atoms with Crippen LogP contribution >= 0.6 is 0 Å². The van der Waals surface area contributed by atoms with Crippen molar-refractivity contribution in [3.8, 4) is 39.4 Å². The number of fused-ring (bicyclic) bond motifs is 5. The van der Waals surface area contributed by atoms with Gasteiger partial charge in [-0.3, -0.25) is 0 Å². The maximum atomic E-state index is 11.1. The van der Waals surface area contributed by atoms with Gasteiger partial charge in [-0.25, -0.2) is 0 Å². The fraction of sp³-hybridized carbons (Fsp3) is 0.0492. The summed E-state index contributed by atoms with van der Waals surface area (Å²) in [4.78, 5) is 2.21. The van der Waals surface area contributed by atoms with Gasteiger partial charge in [0.05, 0.1) is 22.6 Å². The van der Waals surface area contributed by atoms with E-state index in [4.69, 9.17) is 0 Å². The van der Waals surface area contributed by atoms with Gasteiger partial charge < -0.3 is 24.8 Å². The lowest BCUT2D eigenvalue weighted by atomic mass is 9.65. The van der Waals surface area contributed by atoms with Crippen LogP contribution in [0.3, 0.4) is 0 Å². The molecule has 0 aliphatic heterocycles. The molecule has 1 atom stereocenters. The van der Waals surface area contributed by atoms with Crippen molar-refractivity contribution in [3.63, 3.8) is 0 Å². The van der Waals surface area contributed by atoms with Gasteiger partial charge in [-0.05, 0) is 153 Å². The first kappa shape index (κ1) is 39.2. The number of aromatic hydroxyl groups is 2. The molecule has 0 amide bonds. The molecule has 12 rings (SSSR count). The molecule has 2 aliphatic carbocycles. The molecule has 5 nitrogen and oxygen atoms in total. The van der Waals surface area contributed by atoms with Crippen molar-refractivity contribution in [1.82, 2.24) is 4.57 Å². The van der Waals surface area contributed by atoms with E-state index >= 15 is 0 Å². The van der Waals surface area contributed by atoms with Crippen molar-refractivity contribution in [2.75, 3.05) is 4.90 Å². The molecule has 1 unspecified atom stereocenters. The minimum absolute atomic E-state index is 0.210. The Morgan fingerprint density at radius 2 is 0.955 bits per heavy atom. The van der Waals surface area contributed by atoms with Gasteiger partial charge in [-0.15, -0.1) is 0 Å². The fourth-order valence-corrected chi connectivity index (χ4v) is 10.6. The second kappa shape index (κ2) is 15.7. The molecule has 9 aromatic carbocycles. The Kier molecular flexibility index (Phi) is 9.33. The lowest BCUT2D eigenvalue weighted by Crippen LogP contribution is -2.32. The van der Waals surface area contributed by atoms with Crippen molar-refractivity contribution in [1.29, 1.82) is 0 Å². The van der Waals surface area contributed by atoms with Crippen LogP contribution in [0.15, 0.2) is 236 Å². The van der Waals surface area contributed by atoms with E-state index in [2.05, 4.69) is 173 Å². The predicted molar refractivity (Wildman–Crippen MR) is 269 cm³/mol. The first-order valence-corrected chi connectivity index (χ1v) is 22.4. The van der Waals surface area contributed by atoms with Crippen molar-refractivity contribution in [2.45, 2.75) is 17.9 Å². The number of para-hydroxylation sites is 1. The SMILES string of the molecule is Oc1ccc(N(c2ccc(-c3ccc4c(c3)C(c3ccccc3)(c3ccccc3)C3=C4C=CC(O)C3)cc2)c2ccc(-c3ccc4c(c3)c3cc(O)ccc3n4-c3ccccc3)cc2)cc1. The molecule has 1 heterocycles. The van der Waals surface area contributed by atoms with E-state index < -0.39 is 11.5 Å². The molecule has 2 aliphatic rings. The average molecular weight is 853 g/mol. The smallest absolute Gasteiger partial charge is 0.116 e. The molecule has 316 valence electrons. The average Bonchev–Trinajstić information content (AvgIpc) is 3.84. The first-order chi connectivity index (χ1) is 32.4. The third-order valence-corrected chi connectivity index (χ3v) is 13.6. The van der Waals surface area contributed by atoms with E-state index in [-0.39, 0.29) is 11.5 Å². The Hall–Kier alpha value is -8.38. The van der Waals surface area contributed by atoms with Crippen molar-refractivity contribution < 1.29 is 15.3 Å². The summed E-state index contributed by atoms with van der Waals surface area (Å²) in [6, 6.07) is 75.4. The van der Waals surface area contributed by atoms with Gasteiger partial charge in [0.2, 0.25) is 0 Å². The number of nitrogens with zero attached hydrogens (tertiary/aromatic N) is 2. The normalized spacial score (nSPS) is 15.0. The Morgan fingerprint density at radius 1 is 0.470 bits per heavy atom. The monoisotopic (exact) mass is 852 g/mol. The standard InChI is InChI=1S/C61H44N2O3/c64-50-28-26-49(27-29-50)62(47-22-16-40(17-23-47)42-21-34-59-55(36-42)56-38-51(65)31-35-60(56)63(59)46-14-8-3-9-15-46)48-24-18-41(19-25-48)43-20-32-53-54-33-30-52(66)39-58(54)61(57(53)37-43,44-10-4-1-5-11-44)45-12-6-2-7-13-45/h1-38,52,64-66H,39H2. The number of hydrogen-bond acceptors (Lipinski definition) is 4. The molecular formula is C61H44N2O3. The molecule has 1 aromatic heterocycles. The van der Waals surface area contributed by atoms with Crippen LogP contribution in [-0.2, 0) is 5.41 Å². The largest absolute Gasteiger partial charge is 0.508 e. The van der Waals surface area contributed by atoms with E-state index in [9.17, 15) is 15.3 Å². The molecule has 0 spiro atoms. The van der Waals surface area contributed by atoms with E-state index in [1.54, 1.807) is 18.2 Å². The summed E-state index contributed by atoms with van der Waals surface area (Å²) in [6.45, 7) is 0. The molecule has 0 saturated carbocycles. The molecule has 10 aromatic rings. The van der Waals surface area contributed by atoms with E-state index in [0.717, 1.165) is 66.8 Å². The lowest BCUT2D eigenvalue weighted by Gasteiger charge is -2.37. The highest BCUT2D eigenvalue weighted by atomic mass is 16.3. The van der Waals surface area contributed by atoms with Crippen LogP contribution in [-0.4, -0.2) is 26.0 Å². The molecule has 0 saturated heterocycles. The molecule has 5 heteroatoms. The second-order valence-corrected chi connectivity index (χ2v) is 17.3. The van der Waals surface area contributed by atoms with E-state index in [1.807, 2.05) is 48.5 Å². The Labute approximate surface area is 383 Å². The number of allylic oxidation sites excluding steroid dienone is 2. The highest BCUT2D eigenvalue weighted by molar-refractivity contribution is 6.11. The van der Waals surface area contributed by atoms with Crippen LogP contribution in [0.1, 0.15) is 28.7 Å². The minimum Gasteiger partial charge on any atom is -0.508 e. The van der Waals surface area contributed by atoms with Gasteiger partial charge >= 0.3 is 0 Å². The van der Waals surface area contributed by atoms with Crippen LogP contribution in [0, 0.1) is 0 Å². The van der Waals surface area contributed by atoms with Crippen LogP contribution in [0.25, 0.3) is 55.3 Å². The topological polar surface area (TPSA) is 68.9 Å². The minimum atomic E-state index is -0.563. The van der Waals surface area contributed by atoms with Gasteiger partial charge in [-0.2, -0.15) is 0 Å². The second-order valence-electron chi connectivity index (χ2n) is 17.3. The number of benzene rings is 9. The van der Waals surface area contributed by atoms with E-state index in [0.29, 0.717) is 6.42 Å². The zero-order valence-corrected chi connectivity index (χ0v) is 36.0. The molecule has 0 bridgehead atoms. The Morgan fingerprint density at radius 3 is 1.56 bits per heavy atom. The summed E-state index contributed by atoms with van der Waals surface area (Å²) in [5.41, 5.74) is 17.0. The van der Waals surface area contributed by atoms with Crippen molar-refractivity contribution in [2.24, 2.45) is 0 Å². The maximum Gasteiger partial charge on any atom is 0.116 e. The highest BCUT2D eigenvalue weighted by Gasteiger charge is 2.48. The number of phenols is 2. The molecule has 66 heavy (non-hydrogen) atoms. The van der Waals surface area contributed by atoms with Gasteiger partial charge in [-0.1, -0.05) is 133 Å². The lowest BCUT2D eigenvalue weighted by molar-refractivity contribution is 0.219. The molecule has 3 N–H and O–H groups in total. The number of aliphatic hydroxyl groups excluding tert-OH is 1. The zero-order valence-electron chi connectivity index (χ0n) is 36.0. The van der Waals surface area contributed by atoms with Crippen LogP contribution < -0.4 is 4.90 Å². The number of aromatic nitrogens is 1. The van der Waals surface area contributed by atoms with Gasteiger partial charge in [0.1, 0.15) is 11.5 Å². The summed E-state index contributed by atoms with van der Waals surface area (Å²) in [5, 5.41) is 34.0. The highest BCUT2D eigenvalue weighted by Crippen LogP contribution is 2.58. The Bertz CT molecular complexity index is 3460. The van der Waals surface area contributed by atoms with E-state index in [1.165, 1.54) is 33.4 Å². The number of hydrogen-bond donors (Lipinski definition) is 3. The fourth-order valence-electron chi connectivity index (χ4n) is 10.6. The molecule has 0 radical (unpaired) electrons. The zero-order chi connectivity index (χ0) is 44.4. The quantitative estimate of drug-likeness (QED) is 0.142. The third-order valence-electron chi connectivity index (χ3n) is 13.6. The van der Waals surface area contributed by atoms with Gasteiger partial charge in [0, 0.05) is 39.9 Å². The number of aliphatic hydroxyl groups is 1. The summed E-state index contributed by atoms with van der Waals surface area (Å²) >= 11 is 0. The molecule has 0 fully saturated rings. The Balaban J connectivity index is 0.919. The van der Waals surface area contributed by atoms with Crippen LogP contribution in [0.4, 0.5) is 17.1 Å².